The van der Waals surface area contributed by atoms with Gasteiger partial charge in [0.2, 0.25) is 0 Å². The van der Waals surface area contributed by atoms with Gasteiger partial charge in [0.1, 0.15) is 0 Å². The van der Waals surface area contributed by atoms with Crippen LogP contribution in [-0.2, 0) is 13.1 Å². The quantitative estimate of drug-likeness (QED) is 0.858. The number of anilines is 1. The summed E-state index contributed by atoms with van der Waals surface area (Å²) in [6.07, 6.45) is 4.81. The maximum absolute atomic E-state index is 11.0. The van der Waals surface area contributed by atoms with Gasteiger partial charge in [-0.25, -0.2) is 4.79 Å². The zero-order valence-electron chi connectivity index (χ0n) is 11.1. The fraction of sp³-hybridized carbons (Fsp3) is 0.286. The van der Waals surface area contributed by atoms with Crippen molar-refractivity contribution >= 4 is 23.3 Å². The molecule has 6 heteroatoms. The van der Waals surface area contributed by atoms with Crippen LogP contribution >= 0.6 is 11.6 Å². The van der Waals surface area contributed by atoms with Gasteiger partial charge in [-0.3, -0.25) is 4.68 Å². The number of halogens is 1. The first kappa shape index (κ1) is 14.4. The highest BCUT2D eigenvalue weighted by Gasteiger charge is 2.09. The fourth-order valence-corrected chi connectivity index (χ4v) is 2.05. The van der Waals surface area contributed by atoms with Gasteiger partial charge >= 0.3 is 5.97 Å². The van der Waals surface area contributed by atoms with Crippen LogP contribution in [0.3, 0.4) is 0 Å². The van der Waals surface area contributed by atoms with Gasteiger partial charge in [-0.05, 0) is 24.6 Å². The number of nitrogens with zero attached hydrogens (tertiary/aromatic N) is 2. The van der Waals surface area contributed by atoms with E-state index in [4.69, 9.17) is 16.7 Å². The lowest BCUT2D eigenvalue weighted by Crippen LogP contribution is -2.02. The predicted octanol–water partition coefficient (Wildman–Crippen LogP) is 3.26. The van der Waals surface area contributed by atoms with Crippen LogP contribution in [0.1, 0.15) is 29.3 Å². The van der Waals surface area contributed by atoms with Crippen LogP contribution in [0.4, 0.5) is 5.69 Å². The van der Waals surface area contributed by atoms with E-state index in [1.807, 2.05) is 10.9 Å². The molecule has 1 heterocycles. The second kappa shape index (κ2) is 6.43. The molecule has 1 aromatic carbocycles. The van der Waals surface area contributed by atoms with E-state index in [0.717, 1.165) is 24.2 Å². The van der Waals surface area contributed by atoms with Crippen molar-refractivity contribution in [2.75, 3.05) is 5.32 Å². The van der Waals surface area contributed by atoms with Gasteiger partial charge in [-0.1, -0.05) is 18.5 Å². The van der Waals surface area contributed by atoms with E-state index in [0.29, 0.717) is 6.54 Å². The van der Waals surface area contributed by atoms with Gasteiger partial charge in [-0.2, -0.15) is 5.10 Å². The van der Waals surface area contributed by atoms with E-state index >= 15 is 0 Å². The topological polar surface area (TPSA) is 67.2 Å². The Morgan fingerprint density at radius 1 is 1.50 bits per heavy atom. The molecule has 0 aliphatic rings. The standard InChI is InChI=1S/C14H16ClN3O2/c1-2-5-18-9-10(8-17-18)7-16-11-3-4-13(15)12(6-11)14(19)20/h3-4,6,8-9,16H,2,5,7H2,1H3,(H,19,20). The van der Waals surface area contributed by atoms with E-state index in [9.17, 15) is 4.79 Å². The molecule has 0 saturated carbocycles. The summed E-state index contributed by atoms with van der Waals surface area (Å²) in [5.41, 5.74) is 1.86. The van der Waals surface area contributed by atoms with Crippen molar-refractivity contribution < 1.29 is 9.90 Å². The van der Waals surface area contributed by atoms with Crippen molar-refractivity contribution in [2.45, 2.75) is 26.4 Å². The van der Waals surface area contributed by atoms with E-state index in [2.05, 4.69) is 17.3 Å². The molecule has 2 aromatic rings. The van der Waals surface area contributed by atoms with E-state index in [-0.39, 0.29) is 10.6 Å². The third kappa shape index (κ3) is 3.51. The summed E-state index contributed by atoms with van der Waals surface area (Å²) < 4.78 is 1.89. The molecule has 0 aliphatic heterocycles. The lowest BCUT2D eigenvalue weighted by molar-refractivity contribution is 0.0697. The largest absolute Gasteiger partial charge is 0.478 e. The summed E-state index contributed by atoms with van der Waals surface area (Å²) in [4.78, 5) is 11.0. The fourth-order valence-electron chi connectivity index (χ4n) is 1.85. The summed E-state index contributed by atoms with van der Waals surface area (Å²) in [5, 5.41) is 16.7. The SMILES string of the molecule is CCCn1cc(CNc2ccc(Cl)c(C(=O)O)c2)cn1. The molecule has 0 fully saturated rings. The normalized spacial score (nSPS) is 10.5. The number of aryl methyl sites for hydroxylation is 1. The molecule has 0 aliphatic carbocycles. The van der Waals surface area contributed by atoms with Gasteiger partial charge < -0.3 is 10.4 Å². The first-order valence-electron chi connectivity index (χ1n) is 6.38. The number of aromatic nitrogens is 2. The Labute approximate surface area is 122 Å². The summed E-state index contributed by atoms with van der Waals surface area (Å²) in [6.45, 7) is 3.58. The molecular formula is C14H16ClN3O2. The van der Waals surface area contributed by atoms with Crippen LogP contribution in [0.2, 0.25) is 5.02 Å². The molecule has 2 N–H and O–H groups in total. The van der Waals surface area contributed by atoms with E-state index in [1.54, 1.807) is 18.3 Å². The number of carboxylic acid groups (broad SMARTS) is 1. The molecule has 0 bridgehead atoms. The Bertz CT molecular complexity index is 610. The lowest BCUT2D eigenvalue weighted by Gasteiger charge is -2.07. The molecule has 1 aromatic heterocycles. The molecule has 106 valence electrons. The average Bonchev–Trinajstić information content (AvgIpc) is 2.86. The number of nitrogens with one attached hydrogen (secondary N) is 1. The molecule has 0 saturated heterocycles. The molecule has 20 heavy (non-hydrogen) atoms. The van der Waals surface area contributed by atoms with Crippen LogP contribution in [-0.4, -0.2) is 20.9 Å². The monoisotopic (exact) mass is 293 g/mol. The van der Waals surface area contributed by atoms with Crippen molar-refractivity contribution in [3.05, 3.63) is 46.7 Å². The summed E-state index contributed by atoms with van der Waals surface area (Å²) in [5.74, 6) is -1.03. The molecule has 0 unspecified atom stereocenters. The highest BCUT2D eigenvalue weighted by molar-refractivity contribution is 6.33. The van der Waals surface area contributed by atoms with Gasteiger partial charge in [0.15, 0.2) is 0 Å². The third-order valence-corrected chi connectivity index (χ3v) is 3.16. The van der Waals surface area contributed by atoms with Crippen LogP contribution in [0.15, 0.2) is 30.6 Å². The van der Waals surface area contributed by atoms with Crippen molar-refractivity contribution in [3.8, 4) is 0 Å². The Hall–Kier alpha value is -2.01. The molecule has 0 amide bonds. The molecule has 0 spiro atoms. The second-order valence-corrected chi connectivity index (χ2v) is 4.87. The predicted molar refractivity (Wildman–Crippen MR) is 78.3 cm³/mol. The van der Waals surface area contributed by atoms with Gasteiger partial charge in [-0.15, -0.1) is 0 Å². The first-order chi connectivity index (χ1) is 9.60. The maximum atomic E-state index is 11.0. The summed E-state index contributed by atoms with van der Waals surface area (Å²) in [7, 11) is 0. The van der Waals surface area contributed by atoms with Crippen molar-refractivity contribution in [3.63, 3.8) is 0 Å². The van der Waals surface area contributed by atoms with Crippen LogP contribution < -0.4 is 5.32 Å². The van der Waals surface area contributed by atoms with Crippen molar-refractivity contribution in [1.29, 1.82) is 0 Å². The van der Waals surface area contributed by atoms with Crippen molar-refractivity contribution in [2.24, 2.45) is 0 Å². The Kier molecular flexibility index (Phi) is 4.63. The number of hydrogen-bond donors (Lipinski definition) is 2. The molecule has 0 atom stereocenters. The van der Waals surface area contributed by atoms with Crippen LogP contribution in [0.5, 0.6) is 0 Å². The second-order valence-electron chi connectivity index (χ2n) is 4.46. The van der Waals surface area contributed by atoms with Gasteiger partial charge in [0.05, 0.1) is 16.8 Å². The Morgan fingerprint density at radius 3 is 3.00 bits per heavy atom. The van der Waals surface area contributed by atoms with E-state index < -0.39 is 5.97 Å². The third-order valence-electron chi connectivity index (χ3n) is 2.83. The summed E-state index contributed by atoms with van der Waals surface area (Å²) >= 11 is 5.82. The number of aromatic carboxylic acids is 1. The van der Waals surface area contributed by atoms with E-state index in [1.165, 1.54) is 6.07 Å². The zero-order chi connectivity index (χ0) is 14.5. The lowest BCUT2D eigenvalue weighted by atomic mass is 10.2. The Morgan fingerprint density at radius 2 is 2.30 bits per heavy atom. The smallest absolute Gasteiger partial charge is 0.337 e. The highest BCUT2D eigenvalue weighted by Crippen LogP contribution is 2.21. The number of carbonyl (C=O) groups is 1. The average molecular weight is 294 g/mol. The van der Waals surface area contributed by atoms with Gasteiger partial charge in [0, 0.05) is 30.5 Å². The van der Waals surface area contributed by atoms with Gasteiger partial charge in [0.25, 0.3) is 0 Å². The minimum Gasteiger partial charge on any atom is -0.478 e. The minimum absolute atomic E-state index is 0.0957. The minimum atomic E-state index is -1.03. The summed E-state index contributed by atoms with van der Waals surface area (Å²) in [6, 6.07) is 4.86. The number of hydrogen-bond acceptors (Lipinski definition) is 3. The molecule has 0 radical (unpaired) electrons. The number of benzene rings is 1. The Balaban J connectivity index is 2.03. The highest BCUT2D eigenvalue weighted by atomic mass is 35.5. The number of carboxylic acids is 1. The number of rotatable bonds is 6. The first-order valence-corrected chi connectivity index (χ1v) is 6.76. The van der Waals surface area contributed by atoms with Crippen molar-refractivity contribution in [1.82, 2.24) is 9.78 Å². The molecule has 5 nitrogen and oxygen atoms in total. The van der Waals surface area contributed by atoms with Crippen LogP contribution in [0, 0.1) is 0 Å². The van der Waals surface area contributed by atoms with Crippen LogP contribution in [0.25, 0.3) is 0 Å². The zero-order valence-corrected chi connectivity index (χ0v) is 11.9. The molecule has 2 rings (SSSR count). The molecular weight excluding hydrogens is 278 g/mol. The maximum Gasteiger partial charge on any atom is 0.337 e.